The van der Waals surface area contributed by atoms with Gasteiger partial charge in [-0.2, -0.15) is 0 Å². The van der Waals surface area contributed by atoms with Gasteiger partial charge < -0.3 is 5.11 Å². The highest BCUT2D eigenvalue weighted by Gasteiger charge is 2.24. The molecule has 0 spiro atoms. The highest BCUT2D eigenvalue weighted by atomic mass is 19.3. The molecule has 6 heteroatoms. The molecular formula is C7H5F2NO3. The first-order valence-electron chi connectivity index (χ1n) is 3.28. The highest BCUT2D eigenvalue weighted by molar-refractivity contribution is 5.52. The van der Waals surface area contributed by atoms with Crippen LogP contribution in [0.15, 0.2) is 18.2 Å². The van der Waals surface area contributed by atoms with Crippen LogP contribution in [-0.2, 0) is 0 Å². The van der Waals surface area contributed by atoms with Gasteiger partial charge in [-0.1, -0.05) is 6.07 Å². The van der Waals surface area contributed by atoms with E-state index >= 15 is 0 Å². The number of halogens is 2. The standard InChI is InChI=1S/C7H5F2NO3/c8-7(9)4-2-1-3-5(11)6(4)10(12)13/h1-3,7,11H. The van der Waals surface area contributed by atoms with Crippen LogP contribution >= 0.6 is 0 Å². The molecule has 4 nitrogen and oxygen atoms in total. The van der Waals surface area contributed by atoms with Gasteiger partial charge in [-0.3, -0.25) is 10.1 Å². The van der Waals surface area contributed by atoms with Crippen molar-refractivity contribution in [1.82, 2.24) is 0 Å². The Balaban J connectivity index is 3.34. The molecule has 1 rings (SSSR count). The summed E-state index contributed by atoms with van der Waals surface area (Å²) in [5, 5.41) is 19.2. The minimum atomic E-state index is -2.97. The Kier molecular flexibility index (Phi) is 2.41. The number of phenolic OH excluding ortho intramolecular Hbond substituents is 1. The maximum Gasteiger partial charge on any atom is 0.319 e. The molecule has 0 aliphatic rings. The summed E-state index contributed by atoms with van der Waals surface area (Å²) in [6.07, 6.45) is -2.97. The van der Waals surface area contributed by atoms with Crippen LogP contribution in [0.1, 0.15) is 12.0 Å². The van der Waals surface area contributed by atoms with Gasteiger partial charge in [-0.05, 0) is 12.1 Å². The minimum Gasteiger partial charge on any atom is -0.502 e. The van der Waals surface area contributed by atoms with Gasteiger partial charge in [-0.15, -0.1) is 0 Å². The van der Waals surface area contributed by atoms with Gasteiger partial charge in [-0.25, -0.2) is 8.78 Å². The van der Waals surface area contributed by atoms with Crippen LogP contribution in [0, 0.1) is 10.1 Å². The second kappa shape index (κ2) is 3.34. The van der Waals surface area contributed by atoms with Crippen LogP contribution in [0.25, 0.3) is 0 Å². The lowest BCUT2D eigenvalue weighted by Gasteiger charge is -2.01. The zero-order chi connectivity index (χ0) is 10.0. The third-order valence-corrected chi connectivity index (χ3v) is 1.46. The molecule has 0 heterocycles. The van der Waals surface area contributed by atoms with Crippen molar-refractivity contribution in [2.45, 2.75) is 6.43 Å². The van der Waals surface area contributed by atoms with Crippen LogP contribution in [0.2, 0.25) is 0 Å². The number of nitro groups is 1. The lowest BCUT2D eigenvalue weighted by Crippen LogP contribution is -1.95. The summed E-state index contributed by atoms with van der Waals surface area (Å²) in [7, 11) is 0. The largest absolute Gasteiger partial charge is 0.502 e. The summed E-state index contributed by atoms with van der Waals surface area (Å²) in [4.78, 5) is 9.23. The molecule has 0 aromatic heterocycles. The van der Waals surface area contributed by atoms with Crippen molar-refractivity contribution in [3.63, 3.8) is 0 Å². The molecule has 0 bridgehead atoms. The lowest BCUT2D eigenvalue weighted by molar-refractivity contribution is -0.387. The zero-order valence-electron chi connectivity index (χ0n) is 6.28. The van der Waals surface area contributed by atoms with Crippen LogP contribution in [0.3, 0.4) is 0 Å². The van der Waals surface area contributed by atoms with Crippen LogP contribution in [-0.4, -0.2) is 10.0 Å². The molecule has 0 radical (unpaired) electrons. The van der Waals surface area contributed by atoms with Crippen molar-refractivity contribution in [2.24, 2.45) is 0 Å². The fourth-order valence-electron chi connectivity index (χ4n) is 0.924. The van der Waals surface area contributed by atoms with Crippen LogP contribution in [0.5, 0.6) is 5.75 Å². The molecule has 0 unspecified atom stereocenters. The van der Waals surface area contributed by atoms with E-state index in [2.05, 4.69) is 0 Å². The van der Waals surface area contributed by atoms with E-state index in [-0.39, 0.29) is 0 Å². The van der Waals surface area contributed by atoms with E-state index in [0.717, 1.165) is 18.2 Å². The molecule has 1 aromatic carbocycles. The van der Waals surface area contributed by atoms with E-state index in [1.165, 1.54) is 0 Å². The molecule has 0 atom stereocenters. The third-order valence-electron chi connectivity index (χ3n) is 1.46. The predicted molar refractivity (Wildman–Crippen MR) is 39.7 cm³/mol. The van der Waals surface area contributed by atoms with Gasteiger partial charge in [0.05, 0.1) is 10.5 Å². The maximum atomic E-state index is 12.2. The second-order valence-corrected chi connectivity index (χ2v) is 2.27. The monoisotopic (exact) mass is 189 g/mol. The highest BCUT2D eigenvalue weighted by Crippen LogP contribution is 2.35. The fourth-order valence-corrected chi connectivity index (χ4v) is 0.924. The van der Waals surface area contributed by atoms with Gasteiger partial charge in [0, 0.05) is 0 Å². The normalized spacial score (nSPS) is 10.4. The van der Waals surface area contributed by atoms with Gasteiger partial charge in [0.2, 0.25) is 0 Å². The summed E-state index contributed by atoms with van der Waals surface area (Å²) >= 11 is 0. The van der Waals surface area contributed by atoms with Gasteiger partial charge >= 0.3 is 5.69 Å². The number of hydrogen-bond acceptors (Lipinski definition) is 3. The fraction of sp³-hybridized carbons (Fsp3) is 0.143. The van der Waals surface area contributed by atoms with Crippen molar-refractivity contribution in [1.29, 1.82) is 0 Å². The quantitative estimate of drug-likeness (QED) is 0.573. The van der Waals surface area contributed by atoms with Gasteiger partial charge in [0.25, 0.3) is 6.43 Å². The third kappa shape index (κ3) is 1.71. The number of hydrogen-bond donors (Lipinski definition) is 1. The van der Waals surface area contributed by atoms with E-state index in [9.17, 15) is 18.9 Å². The first-order chi connectivity index (χ1) is 6.04. The first kappa shape index (κ1) is 9.37. The first-order valence-corrected chi connectivity index (χ1v) is 3.28. The topological polar surface area (TPSA) is 63.4 Å². The number of benzene rings is 1. The number of para-hydroxylation sites is 1. The molecule has 0 fully saturated rings. The Morgan fingerprint density at radius 2 is 2.08 bits per heavy atom. The van der Waals surface area contributed by atoms with Crippen molar-refractivity contribution >= 4 is 5.69 Å². The molecule has 0 aliphatic heterocycles. The molecule has 1 N–H and O–H groups in total. The number of rotatable bonds is 2. The van der Waals surface area contributed by atoms with Crippen molar-refractivity contribution in [3.05, 3.63) is 33.9 Å². The Morgan fingerprint density at radius 1 is 1.46 bits per heavy atom. The molecule has 70 valence electrons. The number of nitrogens with zero attached hydrogens (tertiary/aromatic N) is 1. The lowest BCUT2D eigenvalue weighted by atomic mass is 10.2. The molecule has 0 saturated carbocycles. The molecule has 13 heavy (non-hydrogen) atoms. The van der Waals surface area contributed by atoms with Crippen molar-refractivity contribution in [3.8, 4) is 5.75 Å². The molecule has 0 aliphatic carbocycles. The number of aromatic hydroxyl groups is 1. The summed E-state index contributed by atoms with van der Waals surface area (Å²) in [6.45, 7) is 0. The van der Waals surface area contributed by atoms with E-state index in [1.54, 1.807) is 0 Å². The van der Waals surface area contributed by atoms with Gasteiger partial charge in [0.1, 0.15) is 0 Å². The Morgan fingerprint density at radius 3 is 2.46 bits per heavy atom. The zero-order valence-corrected chi connectivity index (χ0v) is 6.28. The van der Waals surface area contributed by atoms with E-state index < -0.39 is 28.3 Å². The van der Waals surface area contributed by atoms with E-state index in [0.29, 0.717) is 0 Å². The van der Waals surface area contributed by atoms with E-state index in [1.807, 2.05) is 0 Å². The average Bonchev–Trinajstić information content (AvgIpc) is 2.02. The summed E-state index contributed by atoms with van der Waals surface area (Å²) in [5.41, 5.74) is -1.71. The van der Waals surface area contributed by atoms with Gasteiger partial charge in [0.15, 0.2) is 5.75 Å². The Labute approximate surface area is 71.6 Å². The van der Waals surface area contributed by atoms with Crippen LogP contribution in [0.4, 0.5) is 14.5 Å². The second-order valence-electron chi connectivity index (χ2n) is 2.27. The summed E-state index contributed by atoms with van der Waals surface area (Å²) in [5.74, 6) is -0.747. The molecule has 0 saturated heterocycles. The number of alkyl halides is 2. The minimum absolute atomic E-state index is 0.747. The van der Waals surface area contributed by atoms with Crippen molar-refractivity contribution in [2.75, 3.05) is 0 Å². The Hall–Kier alpha value is -1.72. The SMILES string of the molecule is O=[N+]([O-])c1c(O)cccc1C(F)F. The number of nitro benzene ring substituents is 1. The average molecular weight is 189 g/mol. The van der Waals surface area contributed by atoms with Crippen molar-refractivity contribution < 1.29 is 18.8 Å². The smallest absolute Gasteiger partial charge is 0.319 e. The maximum absolute atomic E-state index is 12.2. The van der Waals surface area contributed by atoms with Crippen LogP contribution < -0.4 is 0 Å². The summed E-state index contributed by atoms with van der Waals surface area (Å²) < 4.78 is 24.3. The molecule has 0 amide bonds. The predicted octanol–water partition coefficient (Wildman–Crippen LogP) is 2.24. The number of phenols is 1. The summed E-state index contributed by atoms with van der Waals surface area (Å²) in [6, 6.07) is 3.02. The molecular weight excluding hydrogens is 184 g/mol. The Bertz CT molecular complexity index is 341. The van der Waals surface area contributed by atoms with E-state index in [4.69, 9.17) is 5.11 Å². The molecule has 1 aromatic rings.